The molecule has 5 atom stereocenters. The van der Waals surface area contributed by atoms with Crippen LogP contribution in [0.15, 0.2) is 128 Å². The highest BCUT2D eigenvalue weighted by atomic mass is 16.6. The molecule has 107 heavy (non-hydrogen) atoms. The Morgan fingerprint density at radius 1 is 0.701 bits per heavy atom. The molecule has 0 radical (unpaired) electrons. The number of ketones is 3. The summed E-state index contributed by atoms with van der Waals surface area (Å²) in [5.41, 5.74) is 9.42. The molecule has 0 bridgehead atoms. The van der Waals surface area contributed by atoms with Gasteiger partial charge in [-0.15, -0.1) is 5.10 Å². The lowest BCUT2D eigenvalue weighted by atomic mass is 9.89. The van der Waals surface area contributed by atoms with E-state index in [1.54, 1.807) is 72.7 Å². The standard InChI is InChI=1S/C82H89N9O16/c1-48(2)62(38-58(93)43-83-73(95)29-25-57(92)26-30-74(96)89-44-54-13-8-9-14-60(54)76-75(85-86-87(76)4)61-15-10-11-16-65(61)89)77(97)84-49(3)68(94)35-50-17-19-51(20-18-50)46-107-81(101)91-66-41-72(70(104-7)40-64(66)79(99)90-47-82(31-32-82)42-67(90)80(91)100)106-34-12-33-105-71-37-53-21-24-56-36-55(52-22-27-59(102-5)28-23-52)45-88(56)78(98)63(53)39-69(71)103-6/h8-11,13-20,22-23,27-28,37,39-41,45,48-49,56,62,67,80,100H,12,21,24-26,29-36,38,42-44,46-47H2,1-7H3,(H,83,95)(H,84,97)/t49-,56+,62-,67-,80?/m0/s1. The zero-order valence-electron chi connectivity index (χ0n) is 61.2. The van der Waals surface area contributed by atoms with Crippen LogP contribution in [0.25, 0.3) is 28.1 Å². The third-order valence-electron chi connectivity index (χ3n) is 21.5. The number of aliphatic hydroxyl groups is 1. The van der Waals surface area contributed by atoms with Crippen LogP contribution in [0.1, 0.15) is 140 Å². The quantitative estimate of drug-likeness (QED) is 0.0384. The highest BCUT2D eigenvalue weighted by Gasteiger charge is 2.58. The number of anilines is 2. The van der Waals surface area contributed by atoms with E-state index >= 15 is 0 Å². The smallest absolute Gasteiger partial charge is 0.416 e. The van der Waals surface area contributed by atoms with Crippen molar-refractivity contribution < 1.29 is 76.7 Å². The van der Waals surface area contributed by atoms with Gasteiger partial charge in [-0.2, -0.15) is 0 Å². The molecule has 1 aliphatic carbocycles. The minimum Gasteiger partial charge on any atom is -0.497 e. The number of hydrogen-bond acceptors (Lipinski definition) is 18. The Labute approximate surface area is 620 Å². The molecule has 5 aliphatic heterocycles. The van der Waals surface area contributed by atoms with Crippen molar-refractivity contribution >= 4 is 69.9 Å². The van der Waals surface area contributed by atoms with Crippen molar-refractivity contribution in [2.75, 3.05) is 57.4 Å². The predicted molar refractivity (Wildman–Crippen MR) is 396 cm³/mol. The third-order valence-corrected chi connectivity index (χ3v) is 21.5. The molecule has 3 N–H and O–H groups in total. The van der Waals surface area contributed by atoms with Gasteiger partial charge in [0.2, 0.25) is 17.7 Å². The number of benzene rings is 6. The number of ether oxygens (including phenoxy) is 6. The van der Waals surface area contributed by atoms with E-state index in [0.717, 1.165) is 75.4 Å². The summed E-state index contributed by atoms with van der Waals surface area (Å²) >= 11 is 0. The molecular weight excluding hydrogens is 1370 g/mol. The van der Waals surface area contributed by atoms with Gasteiger partial charge in [0, 0.05) is 99.5 Å². The van der Waals surface area contributed by atoms with Crippen molar-refractivity contribution in [1.29, 1.82) is 0 Å². The van der Waals surface area contributed by atoms with E-state index in [-0.39, 0.29) is 141 Å². The molecule has 1 saturated heterocycles. The van der Waals surface area contributed by atoms with Crippen LogP contribution in [0.2, 0.25) is 0 Å². The minimum absolute atomic E-state index is 0.00585. The van der Waals surface area contributed by atoms with Gasteiger partial charge < -0.3 is 58.9 Å². The van der Waals surface area contributed by atoms with Crippen molar-refractivity contribution in [1.82, 2.24) is 35.4 Å². The van der Waals surface area contributed by atoms with Crippen LogP contribution in [-0.4, -0.2) is 155 Å². The van der Waals surface area contributed by atoms with Gasteiger partial charge in [-0.25, -0.2) is 14.4 Å². The largest absolute Gasteiger partial charge is 0.497 e. The number of carbonyl (C=O) groups is 9. The number of aromatic nitrogens is 3. The van der Waals surface area contributed by atoms with Gasteiger partial charge in [0.15, 0.2) is 40.8 Å². The maximum atomic E-state index is 14.5. The number of Topliss-reactive ketones (excluding diaryl/α,β-unsaturated/α-hetero) is 3. The summed E-state index contributed by atoms with van der Waals surface area (Å²) in [6.07, 6.45) is 3.58. The number of para-hydroxylation sites is 1. The van der Waals surface area contributed by atoms with Crippen molar-refractivity contribution in [3.05, 3.63) is 166 Å². The van der Waals surface area contributed by atoms with Crippen LogP contribution in [0.3, 0.4) is 0 Å². The van der Waals surface area contributed by atoms with Gasteiger partial charge in [0.05, 0.1) is 82.3 Å². The number of nitrogens with one attached hydrogen (secondary N) is 2. The molecule has 25 nitrogen and oxygen atoms in total. The van der Waals surface area contributed by atoms with E-state index in [1.165, 1.54) is 26.4 Å². The van der Waals surface area contributed by atoms with Gasteiger partial charge in [-0.3, -0.25) is 38.4 Å². The zero-order chi connectivity index (χ0) is 75.4. The maximum absolute atomic E-state index is 14.5. The molecule has 1 unspecified atom stereocenters. The molecule has 6 aliphatic rings. The molecule has 1 saturated carbocycles. The summed E-state index contributed by atoms with van der Waals surface area (Å²) in [4.78, 5) is 130. The number of methoxy groups -OCH3 is 3. The van der Waals surface area contributed by atoms with E-state index in [0.29, 0.717) is 65.4 Å². The number of carbonyl (C=O) groups excluding carboxylic acids is 9. The van der Waals surface area contributed by atoms with E-state index in [9.17, 15) is 48.3 Å². The Morgan fingerprint density at radius 3 is 2.09 bits per heavy atom. The summed E-state index contributed by atoms with van der Waals surface area (Å²) in [5, 5.41) is 26.3. The van der Waals surface area contributed by atoms with Crippen LogP contribution in [0.4, 0.5) is 16.2 Å². The van der Waals surface area contributed by atoms with E-state index in [2.05, 4.69) is 20.9 Å². The van der Waals surface area contributed by atoms with Gasteiger partial charge in [-0.05, 0) is 127 Å². The fourth-order valence-electron chi connectivity index (χ4n) is 15.1. The Bertz CT molecular complexity index is 4640. The highest BCUT2D eigenvalue weighted by Crippen LogP contribution is 2.57. The Hall–Kier alpha value is -11.2. The normalized spacial score (nSPS) is 17.7. The van der Waals surface area contributed by atoms with Crippen molar-refractivity contribution in [3.63, 3.8) is 0 Å². The molecule has 558 valence electrons. The van der Waals surface area contributed by atoms with Crippen LogP contribution in [-0.2, 0) is 66.5 Å². The van der Waals surface area contributed by atoms with E-state index < -0.39 is 47.9 Å². The molecule has 25 heteroatoms. The van der Waals surface area contributed by atoms with Gasteiger partial charge >= 0.3 is 6.09 Å². The number of nitrogens with zero attached hydrogens (tertiary/aromatic N) is 7. The highest BCUT2D eigenvalue weighted by molar-refractivity contribution is 6.07. The first-order valence-electron chi connectivity index (χ1n) is 36.5. The van der Waals surface area contributed by atoms with Crippen molar-refractivity contribution in [2.24, 2.45) is 24.3 Å². The van der Waals surface area contributed by atoms with Gasteiger partial charge in [0.25, 0.3) is 11.8 Å². The number of rotatable bonds is 28. The van der Waals surface area contributed by atoms with Crippen molar-refractivity contribution in [3.8, 4) is 51.3 Å². The Kier molecular flexibility index (Phi) is 22.1. The topological polar surface area (TPSA) is 297 Å². The molecule has 1 aromatic heterocycles. The molecular formula is C82H89N9O16. The van der Waals surface area contributed by atoms with Gasteiger partial charge in [-0.1, -0.05) is 97.9 Å². The third kappa shape index (κ3) is 16.0. The molecule has 6 amide bonds. The first kappa shape index (κ1) is 74.1. The SMILES string of the molecule is COc1ccc(C2=CN3C(=O)c4cc(OC)c(OCCCOc5cc6c(cc5OC)C(=O)N5CC7(CC7)C[C@H]5C(O)N6C(=O)OCc5ccc(CC(=O)[C@H](C)NC(=O)[C@@H](CC(=O)CNC(=O)CCC(=O)CCC(=O)N6Cc7ccccc7-c7c(nnn7C)-c7ccccc76)C(C)C)cc5)cc4CC[C@@H]3C2)cc1. The van der Waals surface area contributed by atoms with Crippen molar-refractivity contribution in [2.45, 2.75) is 142 Å². The number of hydrogen-bond donors (Lipinski definition) is 3. The van der Waals surface area contributed by atoms with E-state index in [4.69, 9.17) is 28.4 Å². The predicted octanol–water partition coefficient (Wildman–Crippen LogP) is 10.3. The lowest BCUT2D eigenvalue weighted by Crippen LogP contribution is -2.50. The number of fused-ring (bicyclic) bond motifs is 9. The van der Waals surface area contributed by atoms with Gasteiger partial charge in [0.1, 0.15) is 23.8 Å². The fraction of sp³-hybridized carbons (Fsp3) is 0.402. The summed E-state index contributed by atoms with van der Waals surface area (Å²) < 4.78 is 37.1. The first-order chi connectivity index (χ1) is 51.6. The molecule has 13 rings (SSSR count). The zero-order valence-corrected chi connectivity index (χ0v) is 61.2. The van der Waals surface area contributed by atoms with Crippen LogP contribution in [0.5, 0.6) is 28.7 Å². The molecule has 6 aromatic carbocycles. The van der Waals surface area contributed by atoms with E-state index in [1.807, 2.05) is 97.0 Å². The first-order valence-corrected chi connectivity index (χ1v) is 36.5. The average molecular weight is 1460 g/mol. The summed E-state index contributed by atoms with van der Waals surface area (Å²) in [6, 6.07) is 34.8. The number of aliphatic hydroxyl groups excluding tert-OH is 1. The maximum Gasteiger partial charge on any atom is 0.416 e. The second kappa shape index (κ2) is 31.9. The number of aryl methyl sites for hydroxylation is 2. The molecule has 7 aromatic rings. The summed E-state index contributed by atoms with van der Waals surface area (Å²) in [5.74, 6) is -1.80. The van der Waals surface area contributed by atoms with Crippen LogP contribution < -0.4 is 44.1 Å². The molecule has 6 heterocycles. The monoisotopic (exact) mass is 1460 g/mol. The number of amides is 6. The second-order valence-corrected chi connectivity index (χ2v) is 28.9. The van der Waals surface area contributed by atoms with Crippen LogP contribution >= 0.6 is 0 Å². The summed E-state index contributed by atoms with van der Waals surface area (Å²) in [7, 11) is 6.44. The molecule has 2 fully saturated rings. The Balaban J connectivity index is 0.569. The second-order valence-electron chi connectivity index (χ2n) is 28.9. The lowest BCUT2D eigenvalue weighted by molar-refractivity contribution is -0.133. The molecule has 1 spiro atoms. The Morgan fingerprint density at radius 2 is 1.38 bits per heavy atom. The minimum atomic E-state index is -1.48. The average Bonchev–Trinajstić information content (AvgIpc) is 1.57. The summed E-state index contributed by atoms with van der Waals surface area (Å²) in [6.45, 7) is 5.52. The fourth-order valence-corrected chi connectivity index (χ4v) is 15.1. The van der Waals surface area contributed by atoms with Crippen LogP contribution in [0, 0.1) is 17.3 Å². The lowest BCUT2D eigenvalue weighted by Gasteiger charge is -2.31.